The molecular formula is C22H25ClN2O3. The normalized spacial score (nSPS) is 17.5. The summed E-state index contributed by atoms with van der Waals surface area (Å²) in [5.74, 6) is 0.304. The summed E-state index contributed by atoms with van der Waals surface area (Å²) >= 11 is 6.14. The van der Waals surface area contributed by atoms with Crippen LogP contribution in [0.3, 0.4) is 0 Å². The number of hydrogen-bond acceptors (Lipinski definition) is 3. The second-order valence-electron chi connectivity index (χ2n) is 7.10. The molecule has 3 rings (SSSR count). The molecule has 1 fully saturated rings. The Labute approximate surface area is 170 Å². The maximum atomic E-state index is 12.4. The van der Waals surface area contributed by atoms with Gasteiger partial charge in [-0.25, -0.2) is 0 Å². The number of amides is 2. The number of hydrogen-bond donors (Lipinski definition) is 1. The smallest absolute Gasteiger partial charge is 0.227 e. The third-order valence-electron chi connectivity index (χ3n) is 5.00. The summed E-state index contributed by atoms with van der Waals surface area (Å²) < 4.78 is 5.78. The van der Waals surface area contributed by atoms with Gasteiger partial charge in [0.2, 0.25) is 11.8 Å². The lowest BCUT2D eigenvalue weighted by molar-refractivity contribution is -0.126. The van der Waals surface area contributed by atoms with Crippen molar-refractivity contribution in [2.45, 2.75) is 39.3 Å². The molecule has 1 aliphatic rings. The maximum Gasteiger partial charge on any atom is 0.227 e. The molecule has 0 aliphatic carbocycles. The van der Waals surface area contributed by atoms with E-state index < -0.39 is 0 Å². The summed E-state index contributed by atoms with van der Waals surface area (Å²) in [7, 11) is 0. The summed E-state index contributed by atoms with van der Waals surface area (Å²) in [6.45, 7) is 4.76. The first-order chi connectivity index (χ1) is 13.5. The molecule has 6 heteroatoms. The minimum Gasteiger partial charge on any atom is -0.489 e. The fourth-order valence-electron chi connectivity index (χ4n) is 3.09. The van der Waals surface area contributed by atoms with Crippen LogP contribution in [0.1, 0.15) is 32.3 Å². The van der Waals surface area contributed by atoms with Crippen molar-refractivity contribution in [1.29, 1.82) is 0 Å². The van der Waals surface area contributed by atoms with Crippen LogP contribution in [0.2, 0.25) is 5.02 Å². The van der Waals surface area contributed by atoms with Crippen molar-refractivity contribution in [3.8, 4) is 5.75 Å². The Hall–Kier alpha value is -2.53. The van der Waals surface area contributed by atoms with Crippen molar-refractivity contribution >= 4 is 29.1 Å². The third-order valence-corrected chi connectivity index (χ3v) is 5.37. The third kappa shape index (κ3) is 4.84. The van der Waals surface area contributed by atoms with Crippen LogP contribution in [0.15, 0.2) is 48.5 Å². The van der Waals surface area contributed by atoms with Gasteiger partial charge in [0.25, 0.3) is 0 Å². The Morgan fingerprint density at radius 3 is 2.64 bits per heavy atom. The number of nitrogens with one attached hydrogen (secondary N) is 1. The number of carbonyl (C=O) groups excluding carboxylic acids is 2. The highest BCUT2D eigenvalue weighted by atomic mass is 35.5. The quantitative estimate of drug-likeness (QED) is 0.758. The number of ether oxygens (including phenoxy) is 1. The zero-order chi connectivity index (χ0) is 20.1. The second kappa shape index (κ2) is 9.11. The summed E-state index contributed by atoms with van der Waals surface area (Å²) in [4.78, 5) is 26.4. The zero-order valence-corrected chi connectivity index (χ0v) is 16.9. The van der Waals surface area contributed by atoms with E-state index in [0.29, 0.717) is 23.9 Å². The van der Waals surface area contributed by atoms with Gasteiger partial charge in [-0.2, -0.15) is 0 Å². The lowest BCUT2D eigenvalue weighted by Crippen LogP contribution is -2.38. The van der Waals surface area contributed by atoms with Gasteiger partial charge >= 0.3 is 0 Å². The van der Waals surface area contributed by atoms with Gasteiger partial charge in [0.05, 0.1) is 5.92 Å². The van der Waals surface area contributed by atoms with E-state index in [9.17, 15) is 9.59 Å². The first-order valence-corrected chi connectivity index (χ1v) is 9.92. The van der Waals surface area contributed by atoms with Gasteiger partial charge in [0, 0.05) is 35.3 Å². The van der Waals surface area contributed by atoms with E-state index in [-0.39, 0.29) is 30.2 Å². The molecule has 0 bridgehead atoms. The molecule has 1 N–H and O–H groups in total. The molecule has 2 amide bonds. The molecule has 1 aliphatic heterocycles. The van der Waals surface area contributed by atoms with E-state index in [1.165, 1.54) is 0 Å². The molecule has 2 aromatic carbocycles. The number of carbonyl (C=O) groups is 2. The lowest BCUT2D eigenvalue weighted by atomic mass is 10.1. The summed E-state index contributed by atoms with van der Waals surface area (Å²) in [5, 5.41) is 3.63. The van der Waals surface area contributed by atoms with Gasteiger partial charge in [0.1, 0.15) is 12.4 Å². The largest absolute Gasteiger partial charge is 0.489 e. The fourth-order valence-corrected chi connectivity index (χ4v) is 3.28. The van der Waals surface area contributed by atoms with E-state index in [2.05, 4.69) is 5.32 Å². The van der Waals surface area contributed by atoms with Crippen molar-refractivity contribution in [2.24, 2.45) is 5.92 Å². The molecule has 5 nitrogen and oxygen atoms in total. The second-order valence-corrected chi connectivity index (χ2v) is 7.50. The van der Waals surface area contributed by atoms with Gasteiger partial charge in [-0.15, -0.1) is 0 Å². The van der Waals surface area contributed by atoms with Crippen LogP contribution in [0.4, 0.5) is 5.69 Å². The molecule has 0 unspecified atom stereocenters. The SMILES string of the molecule is CC[C@H](C)NC(=O)[C@@H]1CC(=O)N(c2ccc(OCc3ccccc3Cl)cc2)C1. The summed E-state index contributed by atoms with van der Waals surface area (Å²) in [6, 6.07) is 15.0. The number of rotatable bonds is 7. The number of halogens is 1. The van der Waals surface area contributed by atoms with E-state index in [4.69, 9.17) is 16.3 Å². The monoisotopic (exact) mass is 400 g/mol. The Morgan fingerprint density at radius 1 is 1.25 bits per heavy atom. The molecule has 0 spiro atoms. The minimum absolute atomic E-state index is 0.0333. The van der Waals surface area contributed by atoms with Gasteiger partial charge in [-0.1, -0.05) is 36.7 Å². The van der Waals surface area contributed by atoms with Crippen molar-refractivity contribution in [3.63, 3.8) is 0 Å². The highest BCUT2D eigenvalue weighted by Gasteiger charge is 2.35. The molecule has 0 radical (unpaired) electrons. The van der Waals surface area contributed by atoms with Crippen molar-refractivity contribution in [2.75, 3.05) is 11.4 Å². The van der Waals surface area contributed by atoms with E-state index >= 15 is 0 Å². The zero-order valence-electron chi connectivity index (χ0n) is 16.2. The molecule has 2 atom stereocenters. The highest BCUT2D eigenvalue weighted by molar-refractivity contribution is 6.31. The predicted molar refractivity (Wildman–Crippen MR) is 111 cm³/mol. The van der Waals surface area contributed by atoms with Gasteiger partial charge in [-0.05, 0) is 43.7 Å². The van der Waals surface area contributed by atoms with Crippen LogP contribution >= 0.6 is 11.6 Å². The Bertz CT molecular complexity index is 838. The summed E-state index contributed by atoms with van der Waals surface area (Å²) in [5.41, 5.74) is 1.69. The van der Waals surface area contributed by atoms with Gasteiger partial charge < -0.3 is 15.0 Å². The van der Waals surface area contributed by atoms with E-state index in [1.807, 2.05) is 62.4 Å². The maximum absolute atomic E-state index is 12.4. The lowest BCUT2D eigenvalue weighted by Gasteiger charge is -2.18. The number of anilines is 1. The van der Waals surface area contributed by atoms with Crippen LogP contribution in [0, 0.1) is 5.92 Å². The van der Waals surface area contributed by atoms with Gasteiger partial charge in [-0.3, -0.25) is 9.59 Å². The fraction of sp³-hybridized carbons (Fsp3) is 0.364. The molecule has 148 valence electrons. The molecule has 1 heterocycles. The predicted octanol–water partition coefficient (Wildman–Crippen LogP) is 4.19. The van der Waals surface area contributed by atoms with E-state index in [0.717, 1.165) is 17.7 Å². The average Bonchev–Trinajstić information content (AvgIpc) is 3.09. The Kier molecular flexibility index (Phi) is 6.57. The standard InChI is InChI=1S/C22H25ClN2O3/c1-3-15(2)24-22(27)17-12-21(26)25(13-17)18-8-10-19(11-9-18)28-14-16-6-4-5-7-20(16)23/h4-11,15,17H,3,12-14H2,1-2H3,(H,24,27)/t15-,17+/m0/s1. The molecular weight excluding hydrogens is 376 g/mol. The molecule has 2 aromatic rings. The molecule has 28 heavy (non-hydrogen) atoms. The Balaban J connectivity index is 1.59. The Morgan fingerprint density at radius 2 is 1.96 bits per heavy atom. The van der Waals surface area contributed by atoms with Crippen LogP contribution in [-0.2, 0) is 16.2 Å². The van der Waals surface area contributed by atoms with Crippen LogP contribution in [0.25, 0.3) is 0 Å². The van der Waals surface area contributed by atoms with Crippen LogP contribution < -0.4 is 15.0 Å². The molecule has 0 aromatic heterocycles. The average molecular weight is 401 g/mol. The van der Waals surface area contributed by atoms with Crippen LogP contribution in [0.5, 0.6) is 5.75 Å². The topological polar surface area (TPSA) is 58.6 Å². The van der Waals surface area contributed by atoms with E-state index in [1.54, 1.807) is 4.90 Å². The molecule has 0 saturated carbocycles. The number of benzene rings is 2. The minimum atomic E-state index is -0.308. The number of nitrogens with zero attached hydrogens (tertiary/aromatic N) is 1. The van der Waals surface area contributed by atoms with Crippen molar-refractivity contribution in [3.05, 3.63) is 59.1 Å². The van der Waals surface area contributed by atoms with Crippen LogP contribution in [-0.4, -0.2) is 24.4 Å². The molecule has 1 saturated heterocycles. The van der Waals surface area contributed by atoms with Crippen molar-refractivity contribution in [1.82, 2.24) is 5.32 Å². The first-order valence-electron chi connectivity index (χ1n) is 9.55. The highest BCUT2D eigenvalue weighted by Crippen LogP contribution is 2.27. The summed E-state index contributed by atoms with van der Waals surface area (Å²) in [6.07, 6.45) is 1.11. The van der Waals surface area contributed by atoms with Gasteiger partial charge in [0.15, 0.2) is 0 Å². The van der Waals surface area contributed by atoms with Crippen molar-refractivity contribution < 1.29 is 14.3 Å². The first kappa shape index (κ1) is 20.2.